The molecule has 0 aliphatic heterocycles. The topological polar surface area (TPSA) is 69.3 Å². The van der Waals surface area contributed by atoms with E-state index in [9.17, 15) is 4.79 Å². The molecule has 1 amide bonds. The number of H-pyrrole nitrogens is 1. The number of hydrogen-bond donors (Lipinski definition) is 2. The number of pyridine rings is 1. The van der Waals surface area contributed by atoms with Crippen molar-refractivity contribution < 1.29 is 9.78 Å². The molecule has 3 rings (SSSR count). The zero-order chi connectivity index (χ0) is 15.7. The number of nitrogens with one attached hydrogen (secondary N) is 2. The van der Waals surface area contributed by atoms with E-state index < -0.39 is 0 Å². The number of hydrogen-bond acceptors (Lipinski definition) is 3. The van der Waals surface area contributed by atoms with Crippen molar-refractivity contribution in [1.82, 2.24) is 5.32 Å². The van der Waals surface area contributed by atoms with E-state index in [0.717, 1.165) is 28.0 Å². The summed E-state index contributed by atoms with van der Waals surface area (Å²) >= 11 is 1.45. The lowest BCUT2D eigenvalue weighted by atomic mass is 9.89. The molecule has 0 radical (unpaired) electrons. The average Bonchev–Trinajstić information content (AvgIpc) is 2.83. The Morgan fingerprint density at radius 2 is 2.09 bits per heavy atom. The number of rotatable bonds is 3. The van der Waals surface area contributed by atoms with Crippen LogP contribution in [0.2, 0.25) is 0 Å². The highest BCUT2D eigenvalue weighted by molar-refractivity contribution is 7.20. The molecule has 0 atom stereocenters. The highest BCUT2D eigenvalue weighted by Crippen LogP contribution is 2.33. The van der Waals surface area contributed by atoms with Crippen LogP contribution in [0.25, 0.3) is 10.2 Å². The summed E-state index contributed by atoms with van der Waals surface area (Å²) < 4.78 is 0. The van der Waals surface area contributed by atoms with Crippen LogP contribution in [-0.4, -0.2) is 12.5 Å². The number of carbonyl (C=O) groups excluding carboxylic acids is 1. The number of thiophene rings is 1. The number of nitrogen functional groups attached to an aromatic ring is 1. The van der Waals surface area contributed by atoms with E-state index in [2.05, 4.69) is 16.4 Å². The molecule has 2 heterocycles. The van der Waals surface area contributed by atoms with Crippen molar-refractivity contribution in [3.05, 3.63) is 22.2 Å². The van der Waals surface area contributed by atoms with Crippen molar-refractivity contribution in [1.29, 1.82) is 0 Å². The zero-order valence-corrected chi connectivity index (χ0v) is 14.1. The Bertz CT molecular complexity index is 701. The Morgan fingerprint density at radius 1 is 1.36 bits per heavy atom. The summed E-state index contributed by atoms with van der Waals surface area (Å²) in [5.74, 6) is 0.596. The van der Waals surface area contributed by atoms with Gasteiger partial charge in [0.2, 0.25) is 0 Å². The minimum absolute atomic E-state index is 0.0327. The molecule has 0 saturated heterocycles. The Morgan fingerprint density at radius 3 is 2.82 bits per heavy atom. The Kier molecular flexibility index (Phi) is 4.34. The van der Waals surface area contributed by atoms with Crippen molar-refractivity contribution in [3.63, 3.8) is 0 Å². The van der Waals surface area contributed by atoms with E-state index in [0.29, 0.717) is 16.5 Å². The van der Waals surface area contributed by atoms with Crippen LogP contribution in [0.4, 0.5) is 5.69 Å². The van der Waals surface area contributed by atoms with E-state index in [1.807, 2.05) is 13.8 Å². The molecule has 0 unspecified atom stereocenters. The molecule has 2 aromatic heterocycles. The summed E-state index contributed by atoms with van der Waals surface area (Å²) in [7, 11) is 0. The number of aryl methyl sites for hydroxylation is 2. The number of fused-ring (bicyclic) bond motifs is 1. The van der Waals surface area contributed by atoms with Crippen molar-refractivity contribution in [3.8, 4) is 0 Å². The second-order valence-corrected chi connectivity index (χ2v) is 7.42. The predicted molar refractivity (Wildman–Crippen MR) is 91.2 cm³/mol. The van der Waals surface area contributed by atoms with Crippen molar-refractivity contribution in [2.75, 3.05) is 12.3 Å². The van der Waals surface area contributed by atoms with Crippen LogP contribution in [0.15, 0.2) is 6.07 Å². The number of aromatic amines is 1. The van der Waals surface area contributed by atoms with E-state index in [1.54, 1.807) is 0 Å². The molecule has 0 aromatic carbocycles. The van der Waals surface area contributed by atoms with Crippen LogP contribution in [0.3, 0.4) is 0 Å². The smallest absolute Gasteiger partial charge is 0.270 e. The van der Waals surface area contributed by atoms with Gasteiger partial charge >= 0.3 is 0 Å². The first kappa shape index (κ1) is 15.3. The first-order chi connectivity index (χ1) is 10.6. The van der Waals surface area contributed by atoms with Crippen molar-refractivity contribution in [2.45, 2.75) is 46.0 Å². The van der Waals surface area contributed by atoms with E-state index in [-0.39, 0.29) is 5.91 Å². The monoisotopic (exact) mass is 318 g/mol. The van der Waals surface area contributed by atoms with Crippen molar-refractivity contribution in [2.24, 2.45) is 5.92 Å². The molecule has 0 bridgehead atoms. The number of amides is 1. The minimum Gasteiger partial charge on any atom is -0.397 e. The van der Waals surface area contributed by atoms with Gasteiger partial charge in [0.15, 0.2) is 5.69 Å². The van der Waals surface area contributed by atoms with E-state index >= 15 is 0 Å². The molecule has 1 aliphatic carbocycles. The summed E-state index contributed by atoms with van der Waals surface area (Å²) in [5.41, 5.74) is 9.04. The maximum atomic E-state index is 12.5. The molecule has 1 fully saturated rings. The van der Waals surface area contributed by atoms with E-state index in [4.69, 9.17) is 5.73 Å². The lowest BCUT2D eigenvalue weighted by molar-refractivity contribution is -0.351. The maximum absolute atomic E-state index is 12.5. The van der Waals surface area contributed by atoms with Gasteiger partial charge in [-0.1, -0.05) is 30.6 Å². The lowest BCUT2D eigenvalue weighted by Crippen LogP contribution is -2.30. The summed E-state index contributed by atoms with van der Waals surface area (Å²) in [6.07, 6.45) is 6.38. The van der Waals surface area contributed by atoms with E-state index in [1.165, 1.54) is 43.4 Å². The van der Waals surface area contributed by atoms with Crippen LogP contribution in [0.5, 0.6) is 0 Å². The second kappa shape index (κ2) is 6.24. The van der Waals surface area contributed by atoms with Crippen molar-refractivity contribution >= 4 is 33.1 Å². The molecule has 22 heavy (non-hydrogen) atoms. The summed E-state index contributed by atoms with van der Waals surface area (Å²) in [6.45, 7) is 4.83. The third-order valence-electron chi connectivity index (χ3n) is 4.57. The minimum atomic E-state index is -0.0327. The quantitative estimate of drug-likeness (QED) is 0.912. The van der Waals surface area contributed by atoms with Crippen LogP contribution >= 0.6 is 11.3 Å². The van der Waals surface area contributed by atoms with Gasteiger partial charge in [-0.15, -0.1) is 0 Å². The van der Waals surface area contributed by atoms with Gasteiger partial charge in [-0.2, -0.15) is 4.98 Å². The zero-order valence-electron chi connectivity index (χ0n) is 13.3. The molecular weight excluding hydrogens is 294 g/mol. The van der Waals surface area contributed by atoms with Crippen LogP contribution in [-0.2, 0) is 0 Å². The van der Waals surface area contributed by atoms with Crippen LogP contribution in [0, 0.1) is 19.8 Å². The third-order valence-corrected chi connectivity index (χ3v) is 5.69. The Hall–Kier alpha value is -1.62. The van der Waals surface area contributed by atoms with Crippen LogP contribution < -0.4 is 16.0 Å². The molecule has 1 saturated carbocycles. The lowest BCUT2D eigenvalue weighted by Gasteiger charge is -2.21. The molecule has 0 spiro atoms. The summed E-state index contributed by atoms with van der Waals surface area (Å²) in [5, 5.41) is 4.07. The second-order valence-electron chi connectivity index (χ2n) is 6.40. The average molecular weight is 318 g/mol. The molecule has 4 nitrogen and oxygen atoms in total. The van der Waals surface area contributed by atoms with Gasteiger partial charge in [0.1, 0.15) is 4.88 Å². The fourth-order valence-electron chi connectivity index (χ4n) is 3.41. The van der Waals surface area contributed by atoms with Gasteiger partial charge in [-0.3, -0.25) is 4.79 Å². The number of nitrogens with two attached hydrogens (primary N) is 1. The third kappa shape index (κ3) is 2.95. The van der Waals surface area contributed by atoms with Gasteiger partial charge in [-0.05, 0) is 31.2 Å². The largest absolute Gasteiger partial charge is 0.397 e. The van der Waals surface area contributed by atoms with Gasteiger partial charge < -0.3 is 11.1 Å². The first-order valence-electron chi connectivity index (χ1n) is 8.06. The molecule has 1 aliphatic rings. The Labute approximate surface area is 135 Å². The molecular formula is C17H24N3OS+. The van der Waals surface area contributed by atoms with Gasteiger partial charge in [-0.25, -0.2) is 0 Å². The van der Waals surface area contributed by atoms with Gasteiger partial charge in [0.05, 0.1) is 11.1 Å². The fraction of sp³-hybridized carbons (Fsp3) is 0.529. The first-order valence-corrected chi connectivity index (χ1v) is 8.87. The standard InChI is InChI=1S/C17H23N3OS/c1-10-8-11(2)20-17-13(10)14(18)15(22-17)16(21)19-9-12-6-4-3-5-7-12/h8,12H,3-7,9,18H2,1-2H3,(H,19,21)/p+1. The fourth-order valence-corrected chi connectivity index (χ4v) is 4.58. The number of anilines is 1. The molecule has 4 N–H and O–H groups in total. The van der Waals surface area contributed by atoms with Gasteiger partial charge in [0.25, 0.3) is 10.7 Å². The summed E-state index contributed by atoms with van der Waals surface area (Å²) in [6, 6.07) is 2.06. The summed E-state index contributed by atoms with van der Waals surface area (Å²) in [4.78, 5) is 17.4. The molecule has 2 aromatic rings. The number of aromatic nitrogens is 1. The predicted octanol–water partition coefficient (Wildman–Crippen LogP) is 3.22. The molecule has 5 heteroatoms. The van der Waals surface area contributed by atoms with Gasteiger partial charge in [0, 0.05) is 19.5 Å². The highest BCUT2D eigenvalue weighted by atomic mass is 32.1. The molecule has 118 valence electrons. The maximum Gasteiger partial charge on any atom is 0.270 e. The number of carbonyl (C=O) groups is 1. The normalized spacial score (nSPS) is 16.1. The highest BCUT2D eigenvalue weighted by Gasteiger charge is 2.23. The Balaban J connectivity index is 1.79. The van der Waals surface area contributed by atoms with Crippen LogP contribution in [0.1, 0.15) is 53.0 Å². The SMILES string of the molecule is Cc1cc(C)c2c(N)c(C(=O)NCC3CCCCC3)sc2[nH+]1.